The first kappa shape index (κ1) is 21.1. The fourth-order valence-corrected chi connectivity index (χ4v) is 2.48. The minimum Gasteiger partial charge on any atom is -0.445 e. The largest absolute Gasteiger partial charge is 0.445 e. The molecule has 0 radical (unpaired) electrons. The minimum atomic E-state index is -1.17. The van der Waals surface area contributed by atoms with Crippen LogP contribution in [0.4, 0.5) is 9.18 Å². The van der Waals surface area contributed by atoms with Gasteiger partial charge in [-0.05, 0) is 18.1 Å². The molecular formula is C21H23FN2O4. The molecule has 2 atom stereocenters. The van der Waals surface area contributed by atoms with Crippen LogP contribution in [-0.2, 0) is 27.4 Å². The van der Waals surface area contributed by atoms with Crippen LogP contribution in [0.5, 0.6) is 0 Å². The first-order chi connectivity index (χ1) is 13.5. The first-order valence-corrected chi connectivity index (χ1v) is 8.89. The van der Waals surface area contributed by atoms with Gasteiger partial charge in [-0.15, -0.1) is 0 Å². The van der Waals surface area contributed by atoms with E-state index in [1.165, 1.54) is 6.92 Å². The Morgan fingerprint density at radius 1 is 0.929 bits per heavy atom. The first-order valence-electron chi connectivity index (χ1n) is 8.89. The number of Topliss-reactive ketones (excluding diaryl/α,β-unsaturated/α-hetero) is 1. The van der Waals surface area contributed by atoms with Crippen LogP contribution in [0.2, 0.25) is 0 Å². The van der Waals surface area contributed by atoms with Gasteiger partial charge in [0, 0.05) is 6.42 Å². The Morgan fingerprint density at radius 3 is 2.07 bits per heavy atom. The average Bonchev–Trinajstić information content (AvgIpc) is 2.72. The van der Waals surface area contributed by atoms with E-state index in [4.69, 9.17) is 4.74 Å². The SMILES string of the molecule is C[C@H](NC(=O)C(Cc1ccccc1)NC(=O)OCc1ccccc1)C(=O)CF. The van der Waals surface area contributed by atoms with Crippen molar-refractivity contribution >= 4 is 17.8 Å². The minimum absolute atomic E-state index is 0.0586. The van der Waals surface area contributed by atoms with Crippen molar-refractivity contribution in [3.63, 3.8) is 0 Å². The van der Waals surface area contributed by atoms with Crippen molar-refractivity contribution in [3.05, 3.63) is 71.8 Å². The zero-order valence-corrected chi connectivity index (χ0v) is 15.6. The quantitative estimate of drug-likeness (QED) is 0.694. The molecule has 6 nitrogen and oxygen atoms in total. The Kier molecular flexibility index (Phi) is 8.14. The summed E-state index contributed by atoms with van der Waals surface area (Å²) >= 11 is 0. The molecular weight excluding hydrogens is 363 g/mol. The number of hydrogen-bond acceptors (Lipinski definition) is 4. The third-order valence-electron chi connectivity index (χ3n) is 4.08. The molecule has 2 aromatic carbocycles. The van der Waals surface area contributed by atoms with Gasteiger partial charge >= 0.3 is 6.09 Å². The molecule has 148 valence electrons. The van der Waals surface area contributed by atoms with E-state index in [9.17, 15) is 18.8 Å². The van der Waals surface area contributed by atoms with Gasteiger partial charge < -0.3 is 15.4 Å². The number of halogens is 1. The van der Waals surface area contributed by atoms with Crippen LogP contribution in [0, 0.1) is 0 Å². The summed E-state index contributed by atoms with van der Waals surface area (Å²) in [5.41, 5.74) is 1.62. The van der Waals surface area contributed by atoms with Crippen molar-refractivity contribution in [2.24, 2.45) is 0 Å². The lowest BCUT2D eigenvalue weighted by molar-refractivity contribution is -0.128. The monoisotopic (exact) mass is 386 g/mol. The maximum atomic E-state index is 12.5. The normalized spacial score (nSPS) is 12.5. The third kappa shape index (κ3) is 6.83. The number of alkyl halides is 1. The number of benzene rings is 2. The second-order valence-corrected chi connectivity index (χ2v) is 6.28. The summed E-state index contributed by atoms with van der Waals surface area (Å²) < 4.78 is 17.7. The van der Waals surface area contributed by atoms with E-state index in [1.807, 2.05) is 60.7 Å². The summed E-state index contributed by atoms with van der Waals surface area (Å²) in [4.78, 5) is 36.1. The van der Waals surface area contributed by atoms with Gasteiger partial charge in [0.15, 0.2) is 5.78 Å². The number of ketones is 1. The fourth-order valence-electron chi connectivity index (χ4n) is 2.48. The molecule has 7 heteroatoms. The van der Waals surface area contributed by atoms with E-state index in [0.717, 1.165) is 11.1 Å². The highest BCUT2D eigenvalue weighted by atomic mass is 19.1. The Bertz CT molecular complexity index is 784. The van der Waals surface area contributed by atoms with Crippen molar-refractivity contribution in [2.45, 2.75) is 32.0 Å². The highest BCUT2D eigenvalue weighted by molar-refractivity contribution is 5.92. The maximum Gasteiger partial charge on any atom is 0.408 e. The van der Waals surface area contributed by atoms with E-state index in [0.29, 0.717) is 0 Å². The number of nitrogens with one attached hydrogen (secondary N) is 2. The summed E-state index contributed by atoms with van der Waals surface area (Å²) in [5.74, 6) is -1.33. The van der Waals surface area contributed by atoms with Crippen LogP contribution in [0.15, 0.2) is 60.7 Å². The van der Waals surface area contributed by atoms with E-state index in [2.05, 4.69) is 10.6 Å². The van der Waals surface area contributed by atoms with Gasteiger partial charge in [-0.1, -0.05) is 60.7 Å². The highest BCUT2D eigenvalue weighted by Crippen LogP contribution is 2.06. The number of rotatable bonds is 9. The number of ether oxygens (including phenoxy) is 1. The molecule has 0 saturated carbocycles. The molecule has 0 aliphatic rings. The van der Waals surface area contributed by atoms with Crippen molar-refractivity contribution in [1.82, 2.24) is 10.6 Å². The van der Waals surface area contributed by atoms with Crippen molar-refractivity contribution < 1.29 is 23.5 Å². The van der Waals surface area contributed by atoms with Gasteiger partial charge in [0.25, 0.3) is 0 Å². The summed E-state index contributed by atoms with van der Waals surface area (Å²) in [6.07, 6.45) is -0.562. The van der Waals surface area contributed by atoms with Gasteiger partial charge in [-0.2, -0.15) is 0 Å². The molecule has 0 aliphatic heterocycles. The molecule has 2 rings (SSSR count). The van der Waals surface area contributed by atoms with Gasteiger partial charge in [0.05, 0.1) is 6.04 Å². The van der Waals surface area contributed by atoms with Gasteiger partial charge in [-0.25, -0.2) is 9.18 Å². The van der Waals surface area contributed by atoms with E-state index in [-0.39, 0.29) is 13.0 Å². The molecule has 0 fully saturated rings. The van der Waals surface area contributed by atoms with Crippen LogP contribution >= 0.6 is 0 Å². The van der Waals surface area contributed by atoms with Crippen LogP contribution in [0.3, 0.4) is 0 Å². The number of alkyl carbamates (subject to hydrolysis) is 1. The predicted octanol–water partition coefficient (Wildman–Crippen LogP) is 2.57. The molecule has 0 aromatic heterocycles. The molecule has 28 heavy (non-hydrogen) atoms. The fraction of sp³-hybridized carbons (Fsp3) is 0.286. The smallest absolute Gasteiger partial charge is 0.408 e. The lowest BCUT2D eigenvalue weighted by Gasteiger charge is -2.20. The molecule has 0 heterocycles. The summed E-state index contributed by atoms with van der Waals surface area (Å²) in [7, 11) is 0. The number of carbonyl (C=O) groups excluding carboxylic acids is 3. The Labute approximate surface area is 163 Å². The Morgan fingerprint density at radius 2 is 1.50 bits per heavy atom. The maximum absolute atomic E-state index is 12.5. The molecule has 0 bridgehead atoms. The van der Waals surface area contributed by atoms with Crippen molar-refractivity contribution in [3.8, 4) is 0 Å². The number of hydrogen-bond donors (Lipinski definition) is 2. The average molecular weight is 386 g/mol. The second-order valence-electron chi connectivity index (χ2n) is 6.28. The predicted molar refractivity (Wildman–Crippen MR) is 102 cm³/mol. The molecule has 1 unspecified atom stereocenters. The molecule has 2 amide bonds. The van der Waals surface area contributed by atoms with Gasteiger partial charge in [0.2, 0.25) is 5.91 Å². The standard InChI is InChI=1S/C21H23FN2O4/c1-15(19(25)13-22)23-20(26)18(12-16-8-4-2-5-9-16)24-21(27)28-14-17-10-6-3-7-11-17/h2-11,15,18H,12-14H2,1H3,(H,23,26)(H,24,27)/t15-,18?/m0/s1. The lowest BCUT2D eigenvalue weighted by Crippen LogP contribution is -2.52. The third-order valence-corrected chi connectivity index (χ3v) is 4.08. The van der Waals surface area contributed by atoms with Crippen LogP contribution in [0.1, 0.15) is 18.1 Å². The Balaban J connectivity index is 2.01. The van der Waals surface area contributed by atoms with Crippen LogP contribution in [-0.4, -0.2) is 36.5 Å². The summed E-state index contributed by atoms with van der Waals surface area (Å²) in [6.45, 7) is 0.285. The zero-order chi connectivity index (χ0) is 20.4. The molecule has 0 aliphatic carbocycles. The van der Waals surface area contributed by atoms with Crippen molar-refractivity contribution in [2.75, 3.05) is 6.67 Å². The Hall–Kier alpha value is -3.22. The van der Waals surface area contributed by atoms with Crippen LogP contribution < -0.4 is 10.6 Å². The summed E-state index contributed by atoms with van der Waals surface area (Å²) in [6, 6.07) is 16.3. The highest BCUT2D eigenvalue weighted by Gasteiger charge is 2.25. The van der Waals surface area contributed by atoms with E-state index in [1.54, 1.807) is 0 Å². The van der Waals surface area contributed by atoms with Gasteiger partial charge in [0.1, 0.15) is 19.3 Å². The zero-order valence-electron chi connectivity index (χ0n) is 15.6. The molecule has 0 spiro atoms. The molecule has 2 aromatic rings. The van der Waals surface area contributed by atoms with E-state index >= 15 is 0 Å². The van der Waals surface area contributed by atoms with Crippen molar-refractivity contribution in [1.29, 1.82) is 0 Å². The molecule has 0 saturated heterocycles. The van der Waals surface area contributed by atoms with E-state index < -0.39 is 36.5 Å². The van der Waals surface area contributed by atoms with Gasteiger partial charge in [-0.3, -0.25) is 9.59 Å². The molecule has 2 N–H and O–H groups in total. The lowest BCUT2D eigenvalue weighted by atomic mass is 10.0. The van der Waals surface area contributed by atoms with Crippen LogP contribution in [0.25, 0.3) is 0 Å². The number of amides is 2. The number of carbonyl (C=O) groups is 3. The summed E-state index contributed by atoms with van der Waals surface area (Å²) in [5, 5.41) is 4.95. The second kappa shape index (κ2) is 10.8. The topological polar surface area (TPSA) is 84.5 Å².